The van der Waals surface area contributed by atoms with E-state index in [9.17, 15) is 18.7 Å². The largest absolute Gasteiger partial charge is 0.512 e. The number of carbonyl (C=O) groups excluding carboxylic acids is 1. The zero-order valence-corrected chi connectivity index (χ0v) is 23.6. The first-order chi connectivity index (χ1) is 16.1. The van der Waals surface area contributed by atoms with Gasteiger partial charge in [0.25, 0.3) is 6.43 Å². The van der Waals surface area contributed by atoms with E-state index in [4.69, 9.17) is 0 Å². The molecule has 191 valence electrons. The summed E-state index contributed by atoms with van der Waals surface area (Å²) in [5.74, 6) is -1.22. The van der Waals surface area contributed by atoms with E-state index in [-0.39, 0.29) is 31.8 Å². The zero-order chi connectivity index (χ0) is 25.4. The second kappa shape index (κ2) is 14.2. The Hall–Kier alpha value is -2.43. The molecule has 6 heteroatoms. The minimum Gasteiger partial charge on any atom is -0.512 e. The first kappa shape index (κ1) is 30.6. The summed E-state index contributed by atoms with van der Waals surface area (Å²) in [6, 6.07) is 16.5. The Bertz CT molecular complexity index is 1130. The number of ketones is 1. The predicted octanol–water partition coefficient (Wildman–Crippen LogP) is 8.14. The summed E-state index contributed by atoms with van der Waals surface area (Å²) in [7, 11) is 0. The number of hydrogen-bond donors (Lipinski definition) is 1. The summed E-state index contributed by atoms with van der Waals surface area (Å²) in [5.41, 5.74) is 5.87. The van der Waals surface area contributed by atoms with E-state index >= 15 is 0 Å². The molecule has 3 nitrogen and oxygen atoms in total. The monoisotopic (exact) mass is 659 g/mol. The molecule has 0 amide bonds. The molecular formula is C29H34F2IrNO2-. The van der Waals surface area contributed by atoms with Crippen molar-refractivity contribution in [3.05, 3.63) is 77.2 Å². The van der Waals surface area contributed by atoms with Gasteiger partial charge in [-0.3, -0.25) is 4.79 Å². The van der Waals surface area contributed by atoms with Gasteiger partial charge in [0.2, 0.25) is 5.78 Å². The third-order valence-electron chi connectivity index (χ3n) is 5.77. The third kappa shape index (κ3) is 8.63. The molecule has 0 unspecified atom stereocenters. The zero-order valence-electron chi connectivity index (χ0n) is 21.2. The molecule has 0 aliphatic rings. The molecular weight excluding hydrogens is 625 g/mol. The van der Waals surface area contributed by atoms with E-state index in [0.717, 1.165) is 16.8 Å². The topological polar surface area (TPSA) is 50.2 Å². The molecule has 2 aromatic carbocycles. The van der Waals surface area contributed by atoms with Crippen LogP contribution in [0.25, 0.3) is 22.0 Å². The first-order valence-electron chi connectivity index (χ1n) is 11.7. The molecule has 3 rings (SSSR count). The van der Waals surface area contributed by atoms with Gasteiger partial charge in [-0.2, -0.15) is 0 Å². The van der Waals surface area contributed by atoms with Crippen LogP contribution >= 0.6 is 0 Å². The first-order valence-corrected chi connectivity index (χ1v) is 11.7. The van der Waals surface area contributed by atoms with Gasteiger partial charge < -0.3 is 10.1 Å². The van der Waals surface area contributed by atoms with Crippen LogP contribution in [-0.4, -0.2) is 22.3 Å². The minimum absolute atomic E-state index is 0. The molecule has 0 aliphatic carbocycles. The second-order valence-electron chi connectivity index (χ2n) is 8.83. The van der Waals surface area contributed by atoms with Gasteiger partial charge >= 0.3 is 0 Å². The molecule has 1 N–H and O–H groups in total. The van der Waals surface area contributed by atoms with E-state index in [1.54, 1.807) is 0 Å². The maximum atomic E-state index is 11.8. The Kier molecular flexibility index (Phi) is 12.4. The number of allylic oxidation sites excluding steroid dienone is 2. The molecule has 0 bridgehead atoms. The van der Waals surface area contributed by atoms with Crippen molar-refractivity contribution >= 4 is 16.6 Å². The fourth-order valence-electron chi connectivity index (χ4n) is 3.83. The maximum Gasteiger partial charge on any atom is 0.300 e. The average molecular weight is 659 g/mol. The summed E-state index contributed by atoms with van der Waals surface area (Å²) >= 11 is 0. The van der Waals surface area contributed by atoms with Crippen LogP contribution in [0.4, 0.5) is 8.78 Å². The summed E-state index contributed by atoms with van der Waals surface area (Å²) < 4.78 is 23.5. The molecule has 0 aliphatic heterocycles. The molecule has 0 fully saturated rings. The number of aliphatic hydroxyl groups excluding tert-OH is 1. The number of aryl methyl sites for hydroxylation is 2. The second-order valence-corrected chi connectivity index (χ2v) is 8.83. The number of alkyl halides is 2. The number of benzene rings is 2. The number of pyridine rings is 1. The molecule has 35 heavy (non-hydrogen) atoms. The van der Waals surface area contributed by atoms with Gasteiger partial charge in [0, 0.05) is 38.3 Å². The van der Waals surface area contributed by atoms with Gasteiger partial charge in [0.05, 0.1) is 5.76 Å². The van der Waals surface area contributed by atoms with Crippen molar-refractivity contribution < 1.29 is 38.8 Å². The van der Waals surface area contributed by atoms with Crippen molar-refractivity contribution in [2.24, 2.45) is 5.92 Å². The number of carbonyl (C=O) groups is 1. The molecule has 0 spiro atoms. The Morgan fingerprint density at radius 2 is 1.74 bits per heavy atom. The number of rotatable bonds is 7. The van der Waals surface area contributed by atoms with Crippen molar-refractivity contribution in [2.75, 3.05) is 0 Å². The average Bonchev–Trinajstić information content (AvgIpc) is 2.78. The van der Waals surface area contributed by atoms with Crippen molar-refractivity contribution in [3.63, 3.8) is 0 Å². The molecule has 3 aromatic rings. The number of aromatic nitrogens is 1. The molecule has 0 saturated carbocycles. The van der Waals surface area contributed by atoms with Crippen LogP contribution in [0.1, 0.15) is 63.1 Å². The quantitative estimate of drug-likeness (QED) is 0.159. The van der Waals surface area contributed by atoms with Crippen LogP contribution in [0.15, 0.2) is 54.4 Å². The fraction of sp³-hybridized carbons (Fsp3) is 0.379. The fourth-order valence-corrected chi connectivity index (χ4v) is 3.83. The van der Waals surface area contributed by atoms with Crippen LogP contribution in [0.5, 0.6) is 0 Å². The summed E-state index contributed by atoms with van der Waals surface area (Å²) in [4.78, 5) is 15.1. The predicted molar refractivity (Wildman–Crippen MR) is 135 cm³/mol. The molecule has 1 radical (unpaired) electrons. The van der Waals surface area contributed by atoms with Crippen LogP contribution in [0.2, 0.25) is 0 Å². The summed E-state index contributed by atoms with van der Waals surface area (Å²) in [6.07, 6.45) is 0.761. The van der Waals surface area contributed by atoms with Gasteiger partial charge in [-0.25, -0.2) is 8.78 Å². The SMILES string of the molecule is CCC(CC)/C(O)=C/C(=O)C(F)F.Cc1[c-]c(-c2nccc3cc(C(C)C)ccc23)cc(C)c1.[Ir]. The van der Waals surface area contributed by atoms with Crippen LogP contribution in [0.3, 0.4) is 0 Å². The van der Waals surface area contributed by atoms with Crippen LogP contribution in [0, 0.1) is 25.8 Å². The maximum absolute atomic E-state index is 11.8. The molecule has 1 aromatic heterocycles. The third-order valence-corrected chi connectivity index (χ3v) is 5.77. The van der Waals surface area contributed by atoms with Gasteiger partial charge in [-0.1, -0.05) is 59.7 Å². The van der Waals surface area contributed by atoms with Crippen LogP contribution in [-0.2, 0) is 24.9 Å². The Balaban J connectivity index is 0.000000383. The number of nitrogens with zero attached hydrogens (tertiary/aromatic N) is 1. The molecule has 1 heterocycles. The van der Waals surface area contributed by atoms with Gasteiger partial charge in [0.1, 0.15) is 0 Å². The summed E-state index contributed by atoms with van der Waals surface area (Å²) in [5, 5.41) is 11.7. The molecule has 0 atom stereocenters. The number of halogens is 2. The standard InChI is InChI=1S/C20H20N.C9H14F2O2.Ir/c1-13(2)16-5-6-19-17(12-16)7-8-21-20(19)18-10-14(3)9-15(4)11-18;1-3-6(4-2)7(12)5-8(13)9(10)11;/h5-10,12-13H,1-4H3;5-6,9,12H,3-4H2,1-2H3;/q-1;;/b;7-5-;. The number of aliphatic hydroxyl groups is 1. The summed E-state index contributed by atoms with van der Waals surface area (Å²) in [6.45, 7) is 12.3. The Morgan fingerprint density at radius 1 is 1.09 bits per heavy atom. The van der Waals surface area contributed by atoms with Gasteiger partial charge in [-0.15, -0.1) is 34.9 Å². The van der Waals surface area contributed by atoms with Crippen molar-refractivity contribution in [1.29, 1.82) is 0 Å². The molecule has 0 saturated heterocycles. The van der Waals surface area contributed by atoms with E-state index in [1.165, 1.54) is 21.9 Å². The van der Waals surface area contributed by atoms with Gasteiger partial charge in [0.15, 0.2) is 0 Å². The van der Waals surface area contributed by atoms with Crippen molar-refractivity contribution in [2.45, 2.75) is 66.7 Å². The van der Waals surface area contributed by atoms with Crippen molar-refractivity contribution in [1.82, 2.24) is 4.98 Å². The van der Waals surface area contributed by atoms with E-state index in [0.29, 0.717) is 24.8 Å². The number of fused-ring (bicyclic) bond motifs is 1. The van der Waals surface area contributed by atoms with E-state index < -0.39 is 12.2 Å². The Labute approximate surface area is 221 Å². The number of hydrogen-bond acceptors (Lipinski definition) is 3. The Morgan fingerprint density at radius 3 is 2.29 bits per heavy atom. The minimum atomic E-state index is -3.03. The van der Waals surface area contributed by atoms with Crippen LogP contribution < -0.4 is 0 Å². The van der Waals surface area contributed by atoms with Gasteiger partial charge in [-0.05, 0) is 46.9 Å². The van der Waals surface area contributed by atoms with E-state index in [2.05, 4.69) is 75.1 Å². The smallest absolute Gasteiger partial charge is 0.300 e. The van der Waals surface area contributed by atoms with Crippen molar-refractivity contribution in [3.8, 4) is 11.3 Å². The van der Waals surface area contributed by atoms with E-state index in [1.807, 2.05) is 20.0 Å². The normalized spacial score (nSPS) is 11.5.